The lowest BCUT2D eigenvalue weighted by Crippen LogP contribution is -2.39. The van der Waals surface area contributed by atoms with Gasteiger partial charge in [-0.25, -0.2) is 9.78 Å². The molecule has 0 aromatic carbocycles. The first-order chi connectivity index (χ1) is 10.4. The molecule has 2 heterocycles. The van der Waals surface area contributed by atoms with E-state index in [1.165, 1.54) is 0 Å². The maximum atomic E-state index is 12.5. The van der Waals surface area contributed by atoms with E-state index in [4.69, 9.17) is 11.6 Å². The fourth-order valence-electron chi connectivity index (χ4n) is 2.11. The van der Waals surface area contributed by atoms with Crippen LogP contribution in [0.4, 0.5) is 23.8 Å². The molecule has 5 nitrogen and oxygen atoms in total. The van der Waals surface area contributed by atoms with Crippen LogP contribution in [0, 0.1) is 0 Å². The Balaban J connectivity index is 1.78. The molecule has 1 fully saturated rings. The van der Waals surface area contributed by atoms with Gasteiger partial charge in [0, 0.05) is 32.4 Å². The number of likely N-dealkylation sites (tertiary alicyclic amines) is 1. The second kappa shape index (κ2) is 7.04. The second-order valence-corrected chi connectivity index (χ2v) is 5.31. The molecular weight excluding hydrogens is 321 g/mol. The summed E-state index contributed by atoms with van der Waals surface area (Å²) >= 11 is 5.76. The normalized spacial score (nSPS) is 15.0. The van der Waals surface area contributed by atoms with Crippen molar-refractivity contribution in [2.24, 2.45) is 0 Å². The number of hydrogen-bond donors (Lipinski definition) is 2. The molecule has 0 aliphatic carbocycles. The van der Waals surface area contributed by atoms with Crippen LogP contribution in [0.25, 0.3) is 0 Å². The van der Waals surface area contributed by atoms with Crippen molar-refractivity contribution in [1.82, 2.24) is 15.2 Å². The summed E-state index contributed by atoms with van der Waals surface area (Å²) in [5, 5.41) is 5.41. The number of urea groups is 1. The van der Waals surface area contributed by atoms with Crippen LogP contribution < -0.4 is 10.6 Å². The summed E-state index contributed by atoms with van der Waals surface area (Å²) in [7, 11) is 0. The Morgan fingerprint density at radius 2 is 2.00 bits per heavy atom. The van der Waals surface area contributed by atoms with Gasteiger partial charge in [0.1, 0.15) is 5.82 Å². The van der Waals surface area contributed by atoms with E-state index in [0.717, 1.165) is 38.2 Å². The fourth-order valence-corrected chi connectivity index (χ4v) is 2.34. The highest BCUT2D eigenvalue weighted by atomic mass is 35.5. The molecule has 1 aliphatic heterocycles. The number of rotatable bonds is 4. The van der Waals surface area contributed by atoms with Crippen LogP contribution in [-0.2, 0) is 6.18 Å². The monoisotopic (exact) mass is 336 g/mol. The van der Waals surface area contributed by atoms with Crippen LogP contribution in [-0.4, -0.2) is 42.1 Å². The lowest BCUT2D eigenvalue weighted by atomic mass is 10.3. The van der Waals surface area contributed by atoms with Crippen molar-refractivity contribution < 1.29 is 18.0 Å². The van der Waals surface area contributed by atoms with Crippen LogP contribution in [0.1, 0.15) is 18.4 Å². The average Bonchev–Trinajstić information content (AvgIpc) is 2.97. The Morgan fingerprint density at radius 1 is 1.32 bits per heavy atom. The number of carbonyl (C=O) groups is 1. The molecule has 0 radical (unpaired) electrons. The number of alkyl halides is 3. The Kier molecular flexibility index (Phi) is 5.33. The van der Waals surface area contributed by atoms with Crippen molar-refractivity contribution in [3.8, 4) is 0 Å². The predicted octanol–water partition coefficient (Wildman–Crippen LogP) is 2.97. The van der Waals surface area contributed by atoms with Gasteiger partial charge in [-0.3, -0.25) is 0 Å². The summed E-state index contributed by atoms with van der Waals surface area (Å²) in [6.07, 6.45) is -1.73. The first-order valence-electron chi connectivity index (χ1n) is 6.87. The predicted molar refractivity (Wildman–Crippen MR) is 76.9 cm³/mol. The maximum absolute atomic E-state index is 12.5. The Labute approximate surface area is 130 Å². The Bertz CT molecular complexity index is 533. The van der Waals surface area contributed by atoms with Gasteiger partial charge in [0.05, 0.1) is 10.6 Å². The van der Waals surface area contributed by atoms with Crippen molar-refractivity contribution in [1.29, 1.82) is 0 Å². The van der Waals surface area contributed by atoms with Crippen molar-refractivity contribution in [3.05, 3.63) is 22.8 Å². The smallest absolute Gasteiger partial charge is 0.367 e. The largest absolute Gasteiger partial charge is 0.417 e. The highest BCUT2D eigenvalue weighted by Crippen LogP contribution is 2.32. The van der Waals surface area contributed by atoms with E-state index in [0.29, 0.717) is 13.1 Å². The molecule has 0 spiro atoms. The molecular formula is C13H16ClF3N4O. The molecule has 1 aromatic heterocycles. The molecule has 1 aromatic rings. The molecule has 2 N–H and O–H groups in total. The number of hydrogen-bond acceptors (Lipinski definition) is 3. The highest BCUT2D eigenvalue weighted by Gasteiger charge is 2.31. The number of aromatic nitrogens is 1. The number of carbonyl (C=O) groups excluding carboxylic acids is 1. The van der Waals surface area contributed by atoms with Gasteiger partial charge < -0.3 is 15.5 Å². The molecule has 0 atom stereocenters. The molecule has 22 heavy (non-hydrogen) atoms. The first-order valence-corrected chi connectivity index (χ1v) is 7.25. The molecule has 0 saturated carbocycles. The molecule has 122 valence electrons. The summed E-state index contributed by atoms with van der Waals surface area (Å²) in [6, 6.07) is 0.686. The van der Waals surface area contributed by atoms with Gasteiger partial charge in [0.25, 0.3) is 0 Å². The van der Waals surface area contributed by atoms with Gasteiger partial charge >= 0.3 is 12.2 Å². The van der Waals surface area contributed by atoms with Gasteiger partial charge in [-0.05, 0) is 18.9 Å². The van der Waals surface area contributed by atoms with Crippen LogP contribution in [0.15, 0.2) is 12.3 Å². The minimum absolute atomic E-state index is 0.110. The maximum Gasteiger partial charge on any atom is 0.417 e. The van der Waals surface area contributed by atoms with Gasteiger partial charge in [-0.2, -0.15) is 13.2 Å². The zero-order chi connectivity index (χ0) is 16.2. The minimum atomic E-state index is -4.47. The Hall–Kier alpha value is -1.70. The van der Waals surface area contributed by atoms with Crippen LogP contribution >= 0.6 is 11.6 Å². The number of nitrogens with one attached hydrogen (secondary N) is 2. The van der Waals surface area contributed by atoms with E-state index >= 15 is 0 Å². The number of pyridine rings is 1. The van der Waals surface area contributed by atoms with Gasteiger partial charge in [-0.1, -0.05) is 11.6 Å². The fraction of sp³-hybridized carbons (Fsp3) is 0.538. The summed E-state index contributed by atoms with van der Waals surface area (Å²) in [5.41, 5.74) is -0.898. The molecule has 1 saturated heterocycles. The number of nitrogens with zero attached hydrogens (tertiary/aromatic N) is 2. The highest BCUT2D eigenvalue weighted by molar-refractivity contribution is 6.32. The average molecular weight is 337 g/mol. The van der Waals surface area contributed by atoms with Gasteiger partial charge in [0.15, 0.2) is 0 Å². The number of amides is 2. The third-order valence-corrected chi connectivity index (χ3v) is 3.54. The zero-order valence-corrected chi connectivity index (χ0v) is 12.5. The summed E-state index contributed by atoms with van der Waals surface area (Å²) < 4.78 is 37.4. The summed E-state index contributed by atoms with van der Waals surface area (Å²) in [6.45, 7) is 2.16. The first kappa shape index (κ1) is 16.7. The SMILES string of the molecule is O=C(NCCNc1ncc(C(F)(F)F)cc1Cl)N1CCCC1. The van der Waals surface area contributed by atoms with E-state index < -0.39 is 11.7 Å². The molecule has 9 heteroatoms. The van der Waals surface area contributed by atoms with Crippen LogP contribution in [0.2, 0.25) is 5.02 Å². The van der Waals surface area contributed by atoms with Crippen molar-refractivity contribution in [2.75, 3.05) is 31.5 Å². The summed E-state index contributed by atoms with van der Waals surface area (Å²) in [4.78, 5) is 17.1. The molecule has 0 unspecified atom stereocenters. The van der Waals surface area contributed by atoms with Crippen LogP contribution in [0.5, 0.6) is 0 Å². The molecule has 2 amide bonds. The van der Waals surface area contributed by atoms with E-state index in [-0.39, 0.29) is 16.9 Å². The van der Waals surface area contributed by atoms with E-state index in [9.17, 15) is 18.0 Å². The van der Waals surface area contributed by atoms with E-state index in [1.54, 1.807) is 4.90 Å². The van der Waals surface area contributed by atoms with Gasteiger partial charge in [-0.15, -0.1) is 0 Å². The minimum Gasteiger partial charge on any atom is -0.367 e. The Morgan fingerprint density at radius 3 is 2.59 bits per heavy atom. The van der Waals surface area contributed by atoms with Crippen LogP contribution in [0.3, 0.4) is 0 Å². The second-order valence-electron chi connectivity index (χ2n) is 4.91. The molecule has 0 bridgehead atoms. The number of halogens is 4. The standard InChI is InChI=1S/C13H16ClF3N4O/c14-10-7-9(13(15,16)17)8-20-11(10)18-3-4-19-12(22)21-5-1-2-6-21/h7-8H,1-6H2,(H,18,20)(H,19,22). The lowest BCUT2D eigenvalue weighted by molar-refractivity contribution is -0.137. The number of anilines is 1. The topological polar surface area (TPSA) is 57.3 Å². The van der Waals surface area contributed by atoms with Gasteiger partial charge in [0.2, 0.25) is 0 Å². The third kappa shape index (κ3) is 4.40. The molecule has 2 rings (SSSR count). The quantitative estimate of drug-likeness (QED) is 0.831. The summed E-state index contributed by atoms with van der Waals surface area (Å²) in [5.74, 6) is 0.157. The third-order valence-electron chi connectivity index (χ3n) is 3.26. The van der Waals surface area contributed by atoms with Crippen molar-refractivity contribution in [2.45, 2.75) is 19.0 Å². The van der Waals surface area contributed by atoms with Crippen molar-refractivity contribution in [3.63, 3.8) is 0 Å². The van der Waals surface area contributed by atoms with E-state index in [2.05, 4.69) is 15.6 Å². The lowest BCUT2D eigenvalue weighted by Gasteiger charge is -2.16. The van der Waals surface area contributed by atoms with Crippen molar-refractivity contribution >= 4 is 23.4 Å². The zero-order valence-electron chi connectivity index (χ0n) is 11.7. The molecule has 1 aliphatic rings. The van der Waals surface area contributed by atoms with E-state index in [1.807, 2.05) is 0 Å².